The maximum Gasteiger partial charge on any atom is 0.345 e. The monoisotopic (exact) mass is 438 g/mol. The molecular formula is C23H26N4O5. The molecule has 4 heterocycles. The van der Waals surface area contributed by atoms with Crippen LogP contribution in [0.2, 0.25) is 0 Å². The topological polar surface area (TPSA) is 111 Å². The molecule has 1 fully saturated rings. The first-order valence-corrected chi connectivity index (χ1v) is 10.7. The van der Waals surface area contributed by atoms with Gasteiger partial charge >= 0.3 is 5.97 Å². The summed E-state index contributed by atoms with van der Waals surface area (Å²) in [7, 11) is 4.18. The molecular weight excluding hydrogens is 412 g/mol. The number of carboxylic acids is 1. The lowest BCUT2D eigenvalue weighted by Gasteiger charge is -2.32. The number of pyridine rings is 1. The normalized spacial score (nSPS) is 16.9. The summed E-state index contributed by atoms with van der Waals surface area (Å²) >= 11 is 0. The van der Waals surface area contributed by atoms with Gasteiger partial charge in [-0.3, -0.25) is 9.69 Å². The van der Waals surface area contributed by atoms with Crippen LogP contribution in [0, 0.1) is 0 Å². The van der Waals surface area contributed by atoms with Crippen LogP contribution in [-0.4, -0.2) is 75.4 Å². The van der Waals surface area contributed by atoms with Gasteiger partial charge in [0.15, 0.2) is 5.56 Å². The Morgan fingerprint density at radius 3 is 2.62 bits per heavy atom. The van der Waals surface area contributed by atoms with Crippen LogP contribution in [0.25, 0.3) is 22.2 Å². The zero-order chi connectivity index (χ0) is 22.6. The number of benzene rings is 1. The molecule has 32 heavy (non-hydrogen) atoms. The van der Waals surface area contributed by atoms with Crippen molar-refractivity contribution < 1.29 is 19.7 Å². The number of aromatic hydroxyl groups is 1. The molecule has 3 N–H and O–H groups in total. The molecule has 1 saturated heterocycles. The lowest BCUT2D eigenvalue weighted by atomic mass is 9.99. The predicted molar refractivity (Wildman–Crippen MR) is 120 cm³/mol. The predicted octanol–water partition coefficient (Wildman–Crippen LogP) is 1.62. The van der Waals surface area contributed by atoms with Crippen LogP contribution in [0.15, 0.2) is 23.0 Å². The van der Waals surface area contributed by atoms with Crippen molar-refractivity contribution in [3.63, 3.8) is 0 Å². The van der Waals surface area contributed by atoms with Crippen LogP contribution >= 0.6 is 0 Å². The maximum absolute atomic E-state index is 12.4. The summed E-state index contributed by atoms with van der Waals surface area (Å²) in [5.41, 5.74) is 2.18. The van der Waals surface area contributed by atoms with Gasteiger partial charge in [-0.15, -0.1) is 0 Å². The number of ether oxygens (including phenoxy) is 1. The quantitative estimate of drug-likeness (QED) is 0.570. The average Bonchev–Trinajstić information content (AvgIpc) is 2.93. The number of nitrogens with one attached hydrogen (secondary N) is 1. The Morgan fingerprint density at radius 1 is 1.16 bits per heavy atom. The number of aromatic nitrogens is 2. The summed E-state index contributed by atoms with van der Waals surface area (Å²) in [6, 6.07) is 6.04. The highest BCUT2D eigenvalue weighted by molar-refractivity contribution is 5.94. The summed E-state index contributed by atoms with van der Waals surface area (Å²) in [5, 5.41) is 20.8. The number of aromatic amines is 1. The number of nitrogens with zero attached hydrogens (tertiary/aromatic N) is 3. The second-order valence-corrected chi connectivity index (χ2v) is 8.62. The van der Waals surface area contributed by atoms with E-state index in [0.29, 0.717) is 22.6 Å². The van der Waals surface area contributed by atoms with Crippen LogP contribution in [0.1, 0.15) is 21.6 Å². The summed E-state index contributed by atoms with van der Waals surface area (Å²) in [6.45, 7) is 5.27. The fourth-order valence-electron chi connectivity index (χ4n) is 4.69. The number of fused-ring (bicyclic) bond motifs is 4. The Balaban J connectivity index is 1.60. The number of rotatable bonds is 3. The molecule has 0 atom stereocenters. The molecule has 1 aromatic carbocycles. The minimum absolute atomic E-state index is 0.267. The minimum Gasteiger partial charge on any atom is -0.506 e. The number of piperazine rings is 1. The fourth-order valence-corrected chi connectivity index (χ4v) is 4.69. The standard InChI is InChI=1S/C23H26N4O5/c1-25-4-6-27(7-5-25)12-14-9-13-10-16-18(11-17(13)26(14)2)32-8-3-15-20(16)24-22(29)19(21(15)28)23(30)31/h9-11H,3-8,12H2,1-2H3,(H,30,31)(H2,24,28,29). The van der Waals surface area contributed by atoms with E-state index in [-0.39, 0.29) is 13.0 Å². The summed E-state index contributed by atoms with van der Waals surface area (Å²) in [6.07, 6.45) is 0.290. The Kier molecular flexibility index (Phi) is 4.94. The van der Waals surface area contributed by atoms with E-state index in [1.54, 1.807) is 0 Å². The van der Waals surface area contributed by atoms with Gasteiger partial charge in [-0.05, 0) is 19.2 Å². The van der Waals surface area contributed by atoms with Crippen LogP contribution in [0.4, 0.5) is 0 Å². The van der Waals surface area contributed by atoms with E-state index in [1.807, 2.05) is 19.2 Å². The molecule has 5 rings (SSSR count). The van der Waals surface area contributed by atoms with E-state index in [0.717, 1.165) is 43.6 Å². The van der Waals surface area contributed by atoms with Crippen LogP contribution in [-0.2, 0) is 20.0 Å². The van der Waals surface area contributed by atoms with Crippen molar-refractivity contribution in [2.75, 3.05) is 39.8 Å². The van der Waals surface area contributed by atoms with Crippen LogP contribution < -0.4 is 10.3 Å². The molecule has 9 heteroatoms. The largest absolute Gasteiger partial charge is 0.506 e. The molecule has 0 unspecified atom stereocenters. The number of H-pyrrole nitrogens is 1. The van der Waals surface area contributed by atoms with Crippen LogP contribution in [0.3, 0.4) is 0 Å². The Labute approximate surface area is 184 Å². The number of aromatic carboxylic acids is 1. The third kappa shape index (κ3) is 3.34. The number of likely N-dealkylation sites (N-methyl/N-ethyl adjacent to an activating group) is 1. The SMILES string of the molecule is CN1CCN(Cc2cc3cc4c(cc3n2C)OCCc2c-4[nH]c(=O)c(C(=O)O)c2O)CC1. The van der Waals surface area contributed by atoms with Crippen LogP contribution in [0.5, 0.6) is 11.5 Å². The highest BCUT2D eigenvalue weighted by Gasteiger charge is 2.27. The van der Waals surface area contributed by atoms with E-state index >= 15 is 0 Å². The summed E-state index contributed by atoms with van der Waals surface area (Å²) in [4.78, 5) is 31.3. The van der Waals surface area contributed by atoms with Crippen molar-refractivity contribution in [3.05, 3.63) is 45.4 Å². The van der Waals surface area contributed by atoms with E-state index < -0.39 is 22.8 Å². The minimum atomic E-state index is -1.45. The maximum atomic E-state index is 12.4. The van der Waals surface area contributed by atoms with Gasteiger partial charge in [-0.1, -0.05) is 0 Å². The number of carboxylic acid groups (broad SMARTS) is 1. The first kappa shape index (κ1) is 20.6. The molecule has 2 aromatic heterocycles. The molecule has 2 aliphatic heterocycles. The first-order valence-electron chi connectivity index (χ1n) is 10.7. The van der Waals surface area contributed by atoms with Gasteiger partial charge < -0.3 is 29.4 Å². The van der Waals surface area contributed by atoms with E-state index in [2.05, 4.69) is 32.5 Å². The van der Waals surface area contributed by atoms with Crippen molar-refractivity contribution in [1.29, 1.82) is 0 Å². The van der Waals surface area contributed by atoms with Gasteiger partial charge in [0.05, 0.1) is 17.8 Å². The van der Waals surface area contributed by atoms with Gasteiger partial charge in [-0.25, -0.2) is 4.79 Å². The van der Waals surface area contributed by atoms with Crippen molar-refractivity contribution >= 4 is 16.9 Å². The van der Waals surface area contributed by atoms with Crippen molar-refractivity contribution in [2.45, 2.75) is 13.0 Å². The molecule has 9 nitrogen and oxygen atoms in total. The Bertz CT molecular complexity index is 1280. The second kappa shape index (κ2) is 7.68. The van der Waals surface area contributed by atoms with Gasteiger partial charge in [0, 0.05) is 74.5 Å². The molecule has 0 aliphatic carbocycles. The molecule has 2 aliphatic rings. The number of hydrogen-bond acceptors (Lipinski definition) is 6. The van der Waals surface area contributed by atoms with Gasteiger partial charge in [0.1, 0.15) is 11.5 Å². The number of aryl methyl sites for hydroxylation is 1. The molecule has 0 bridgehead atoms. The second-order valence-electron chi connectivity index (χ2n) is 8.62. The molecule has 0 spiro atoms. The van der Waals surface area contributed by atoms with Gasteiger partial charge in [-0.2, -0.15) is 0 Å². The zero-order valence-corrected chi connectivity index (χ0v) is 18.1. The summed E-state index contributed by atoms with van der Waals surface area (Å²) in [5.74, 6) is -1.35. The third-order valence-electron chi connectivity index (χ3n) is 6.61. The molecule has 3 aromatic rings. The Morgan fingerprint density at radius 2 is 1.91 bits per heavy atom. The fraction of sp³-hybridized carbons (Fsp3) is 0.391. The van der Waals surface area contributed by atoms with Crippen molar-refractivity contribution in [3.8, 4) is 22.8 Å². The van der Waals surface area contributed by atoms with E-state index in [1.165, 1.54) is 5.69 Å². The highest BCUT2D eigenvalue weighted by Crippen LogP contribution is 2.40. The third-order valence-corrected chi connectivity index (χ3v) is 6.61. The van der Waals surface area contributed by atoms with Gasteiger partial charge in [0.2, 0.25) is 0 Å². The number of hydrogen-bond donors (Lipinski definition) is 3. The molecule has 0 saturated carbocycles. The smallest absolute Gasteiger partial charge is 0.345 e. The summed E-state index contributed by atoms with van der Waals surface area (Å²) < 4.78 is 8.11. The highest BCUT2D eigenvalue weighted by atomic mass is 16.5. The van der Waals surface area contributed by atoms with E-state index in [4.69, 9.17) is 4.74 Å². The average molecular weight is 438 g/mol. The van der Waals surface area contributed by atoms with Crippen molar-refractivity contribution in [2.24, 2.45) is 7.05 Å². The molecule has 168 valence electrons. The van der Waals surface area contributed by atoms with Crippen molar-refractivity contribution in [1.82, 2.24) is 19.4 Å². The molecule has 0 radical (unpaired) electrons. The van der Waals surface area contributed by atoms with E-state index in [9.17, 15) is 19.8 Å². The molecule has 0 amide bonds. The lowest BCUT2D eigenvalue weighted by Crippen LogP contribution is -2.44. The first-order chi connectivity index (χ1) is 15.3. The lowest BCUT2D eigenvalue weighted by molar-refractivity contribution is 0.0691. The van der Waals surface area contributed by atoms with Gasteiger partial charge in [0.25, 0.3) is 5.56 Å². The Hall–Kier alpha value is -3.30. The number of carbonyl (C=O) groups is 1. The zero-order valence-electron chi connectivity index (χ0n) is 18.1.